The average Bonchev–Trinajstić information content (AvgIpc) is 2.75. The quantitative estimate of drug-likeness (QED) is 0.816. The third-order valence-corrected chi connectivity index (χ3v) is 3.43. The first-order chi connectivity index (χ1) is 7.67. The third-order valence-electron chi connectivity index (χ3n) is 2.38. The summed E-state index contributed by atoms with van der Waals surface area (Å²) in [6.07, 6.45) is 0.974. The fourth-order valence-electron chi connectivity index (χ4n) is 1.20. The molecule has 16 heavy (non-hydrogen) atoms. The second-order valence-corrected chi connectivity index (χ2v) is 4.54. The molecule has 1 aromatic heterocycles. The second kappa shape index (κ2) is 6.60. The molecule has 0 aliphatic rings. The Morgan fingerprint density at radius 2 is 2.31 bits per heavy atom. The van der Waals surface area contributed by atoms with Gasteiger partial charge in [-0.05, 0) is 13.3 Å². The molecule has 0 saturated carbocycles. The van der Waals surface area contributed by atoms with Crippen molar-refractivity contribution < 1.29 is 4.79 Å². The molecule has 0 saturated heterocycles. The van der Waals surface area contributed by atoms with Gasteiger partial charge in [-0.25, -0.2) is 4.98 Å². The van der Waals surface area contributed by atoms with Crippen molar-refractivity contribution in [3.05, 3.63) is 16.1 Å². The Balaban J connectivity index is 2.27. The molecule has 0 bridgehead atoms. The number of aromatic nitrogens is 1. The number of thiazole rings is 1. The van der Waals surface area contributed by atoms with Crippen LogP contribution in [-0.4, -0.2) is 35.9 Å². The van der Waals surface area contributed by atoms with Gasteiger partial charge in [0.2, 0.25) is 5.91 Å². The van der Waals surface area contributed by atoms with E-state index in [1.54, 1.807) is 16.2 Å². The van der Waals surface area contributed by atoms with Gasteiger partial charge in [0.05, 0.1) is 17.2 Å². The van der Waals surface area contributed by atoms with Crippen LogP contribution < -0.4 is 5.32 Å². The summed E-state index contributed by atoms with van der Waals surface area (Å²) in [5.74, 6) is 0.119. The van der Waals surface area contributed by atoms with E-state index in [0.717, 1.165) is 23.7 Å². The number of hydrogen-bond donors (Lipinski definition) is 1. The zero-order valence-corrected chi connectivity index (χ0v) is 10.9. The molecule has 4 nitrogen and oxygen atoms in total. The number of aryl methyl sites for hydroxylation is 1. The summed E-state index contributed by atoms with van der Waals surface area (Å²) < 4.78 is 0. The minimum Gasteiger partial charge on any atom is -0.345 e. The van der Waals surface area contributed by atoms with E-state index in [0.29, 0.717) is 13.1 Å². The van der Waals surface area contributed by atoms with Crippen LogP contribution in [0, 0.1) is 0 Å². The molecule has 0 atom stereocenters. The van der Waals surface area contributed by atoms with Gasteiger partial charge in [0.25, 0.3) is 0 Å². The minimum absolute atomic E-state index is 0.119. The molecule has 1 amide bonds. The first kappa shape index (κ1) is 13.1. The van der Waals surface area contributed by atoms with Crippen LogP contribution in [0.4, 0.5) is 0 Å². The zero-order chi connectivity index (χ0) is 12.0. The monoisotopic (exact) mass is 241 g/mol. The summed E-state index contributed by atoms with van der Waals surface area (Å²) >= 11 is 1.67. The number of carbonyl (C=O) groups excluding carboxylic acids is 1. The van der Waals surface area contributed by atoms with E-state index in [4.69, 9.17) is 0 Å². The van der Waals surface area contributed by atoms with Gasteiger partial charge in [-0.3, -0.25) is 4.79 Å². The van der Waals surface area contributed by atoms with Gasteiger partial charge in [0, 0.05) is 25.5 Å². The summed E-state index contributed by atoms with van der Waals surface area (Å²) in [5, 5.41) is 6.30. The largest absolute Gasteiger partial charge is 0.345 e. The fraction of sp³-hybridized carbons (Fsp3) is 0.636. The van der Waals surface area contributed by atoms with Crippen molar-refractivity contribution in [2.24, 2.45) is 0 Å². The van der Waals surface area contributed by atoms with Crippen LogP contribution >= 0.6 is 11.3 Å². The molecule has 5 heteroatoms. The molecule has 0 unspecified atom stereocenters. The van der Waals surface area contributed by atoms with Crippen molar-refractivity contribution in [3.8, 4) is 0 Å². The normalized spacial score (nSPS) is 10.4. The smallest absolute Gasteiger partial charge is 0.236 e. The topological polar surface area (TPSA) is 45.2 Å². The molecule has 0 spiro atoms. The predicted molar refractivity (Wildman–Crippen MR) is 66.5 cm³/mol. The van der Waals surface area contributed by atoms with Crippen LogP contribution in [0.25, 0.3) is 0 Å². The highest BCUT2D eigenvalue weighted by molar-refractivity contribution is 7.09. The summed E-state index contributed by atoms with van der Waals surface area (Å²) in [5.41, 5.74) is 1.02. The number of hydrogen-bond acceptors (Lipinski definition) is 4. The van der Waals surface area contributed by atoms with E-state index in [1.807, 2.05) is 19.4 Å². The maximum Gasteiger partial charge on any atom is 0.236 e. The fourth-order valence-corrected chi connectivity index (χ4v) is 1.95. The lowest BCUT2D eigenvalue weighted by Crippen LogP contribution is -2.35. The maximum atomic E-state index is 11.5. The van der Waals surface area contributed by atoms with Crippen LogP contribution in [0.3, 0.4) is 0 Å². The number of carbonyl (C=O) groups is 1. The predicted octanol–water partition coefficient (Wildman–Crippen LogP) is 1.27. The molecular weight excluding hydrogens is 222 g/mol. The molecule has 0 fully saturated rings. The lowest BCUT2D eigenvalue weighted by Gasteiger charge is -2.14. The van der Waals surface area contributed by atoms with Gasteiger partial charge >= 0.3 is 0 Å². The van der Waals surface area contributed by atoms with E-state index >= 15 is 0 Å². The molecule has 1 N–H and O–H groups in total. The molecule has 0 aliphatic carbocycles. The van der Waals surface area contributed by atoms with Crippen molar-refractivity contribution in [2.75, 3.05) is 20.1 Å². The van der Waals surface area contributed by atoms with Crippen LogP contribution in [0.15, 0.2) is 5.38 Å². The van der Waals surface area contributed by atoms with Gasteiger partial charge in [-0.1, -0.05) is 6.92 Å². The Hall–Kier alpha value is -0.940. The van der Waals surface area contributed by atoms with E-state index in [-0.39, 0.29) is 5.91 Å². The van der Waals surface area contributed by atoms with Crippen molar-refractivity contribution in [2.45, 2.75) is 26.8 Å². The third kappa shape index (κ3) is 3.90. The molecule has 90 valence electrons. The van der Waals surface area contributed by atoms with E-state index < -0.39 is 0 Å². The van der Waals surface area contributed by atoms with E-state index in [1.165, 1.54) is 0 Å². The van der Waals surface area contributed by atoms with Crippen LogP contribution in [-0.2, 0) is 17.8 Å². The lowest BCUT2D eigenvalue weighted by molar-refractivity contribution is -0.128. The van der Waals surface area contributed by atoms with E-state index in [2.05, 4.69) is 17.2 Å². The summed E-state index contributed by atoms with van der Waals surface area (Å²) in [7, 11) is 1.81. The van der Waals surface area contributed by atoms with E-state index in [9.17, 15) is 4.79 Å². The molecule has 0 aliphatic heterocycles. The average molecular weight is 241 g/mol. The number of nitrogens with zero attached hydrogens (tertiary/aromatic N) is 2. The SMILES string of the molecule is CCc1nc(CNCC(=O)N(C)CC)cs1. The van der Waals surface area contributed by atoms with Crippen molar-refractivity contribution >= 4 is 17.2 Å². The molecule has 0 aromatic carbocycles. The second-order valence-electron chi connectivity index (χ2n) is 3.60. The minimum atomic E-state index is 0.119. The number of likely N-dealkylation sites (N-methyl/N-ethyl adjacent to an activating group) is 1. The summed E-state index contributed by atoms with van der Waals surface area (Å²) in [4.78, 5) is 17.6. The van der Waals surface area contributed by atoms with Gasteiger partial charge in [0.15, 0.2) is 0 Å². The highest BCUT2D eigenvalue weighted by Gasteiger charge is 2.06. The van der Waals surface area contributed by atoms with Crippen molar-refractivity contribution in [1.82, 2.24) is 15.2 Å². The number of nitrogens with one attached hydrogen (secondary N) is 1. The Kier molecular flexibility index (Phi) is 5.42. The van der Waals surface area contributed by atoms with Gasteiger partial charge in [0.1, 0.15) is 0 Å². The van der Waals surface area contributed by atoms with Crippen LogP contribution in [0.2, 0.25) is 0 Å². The Morgan fingerprint density at radius 3 is 2.88 bits per heavy atom. The highest BCUT2D eigenvalue weighted by Crippen LogP contribution is 2.09. The molecule has 0 radical (unpaired) electrons. The van der Waals surface area contributed by atoms with Crippen LogP contribution in [0.5, 0.6) is 0 Å². The summed E-state index contributed by atoms with van der Waals surface area (Å²) in [6.45, 7) is 5.85. The molecule has 1 heterocycles. The van der Waals surface area contributed by atoms with Gasteiger partial charge in [-0.15, -0.1) is 11.3 Å². The Bertz CT molecular complexity index is 338. The number of amides is 1. The maximum absolute atomic E-state index is 11.5. The molecular formula is C11H19N3OS. The molecule has 1 rings (SSSR count). The Labute approximate surface area is 101 Å². The van der Waals surface area contributed by atoms with Crippen molar-refractivity contribution in [1.29, 1.82) is 0 Å². The van der Waals surface area contributed by atoms with Crippen molar-refractivity contribution in [3.63, 3.8) is 0 Å². The highest BCUT2D eigenvalue weighted by atomic mass is 32.1. The zero-order valence-electron chi connectivity index (χ0n) is 10.1. The lowest BCUT2D eigenvalue weighted by atomic mass is 10.4. The Morgan fingerprint density at radius 1 is 1.56 bits per heavy atom. The standard InChI is InChI=1S/C11H19N3OS/c1-4-10-13-9(8-16-10)6-12-7-11(15)14(3)5-2/h8,12H,4-7H2,1-3H3. The molecule has 1 aromatic rings. The van der Waals surface area contributed by atoms with Gasteiger partial charge in [-0.2, -0.15) is 0 Å². The van der Waals surface area contributed by atoms with Gasteiger partial charge < -0.3 is 10.2 Å². The number of rotatable bonds is 6. The van der Waals surface area contributed by atoms with Crippen LogP contribution in [0.1, 0.15) is 24.5 Å². The first-order valence-electron chi connectivity index (χ1n) is 5.55. The summed E-state index contributed by atoms with van der Waals surface area (Å²) in [6, 6.07) is 0. The first-order valence-corrected chi connectivity index (χ1v) is 6.43.